The highest BCUT2D eigenvalue weighted by molar-refractivity contribution is 14.0. The first kappa shape index (κ1) is 26.0. The maximum absolute atomic E-state index is 12.9. The van der Waals surface area contributed by atoms with Crippen LogP contribution in [0.1, 0.15) is 37.3 Å². The molecule has 166 valence electrons. The van der Waals surface area contributed by atoms with E-state index in [-0.39, 0.29) is 36.6 Å². The number of halogens is 4. The number of aliphatic imine (C=N–C) groups is 1. The fraction of sp³-hybridized carbons (Fsp3) is 0.650. The first-order valence-corrected chi connectivity index (χ1v) is 9.74. The number of rotatable bonds is 8. The van der Waals surface area contributed by atoms with Crippen molar-refractivity contribution in [3.8, 4) is 0 Å². The number of hydrogen-bond donors (Lipinski definition) is 1. The zero-order valence-electron chi connectivity index (χ0n) is 17.0. The predicted octanol–water partition coefficient (Wildman–Crippen LogP) is 4.31. The van der Waals surface area contributed by atoms with E-state index in [4.69, 9.17) is 9.47 Å². The van der Waals surface area contributed by atoms with Gasteiger partial charge in [-0.3, -0.25) is 0 Å². The van der Waals surface area contributed by atoms with Crippen LogP contribution in [0.3, 0.4) is 0 Å². The summed E-state index contributed by atoms with van der Waals surface area (Å²) in [6.07, 6.45) is -1.41. The summed E-state index contributed by atoms with van der Waals surface area (Å²) in [6, 6.07) is 5.33. The minimum atomic E-state index is -4.34. The van der Waals surface area contributed by atoms with Crippen LogP contribution in [0.15, 0.2) is 29.3 Å². The summed E-state index contributed by atoms with van der Waals surface area (Å²) in [4.78, 5) is 6.69. The second kappa shape index (κ2) is 13.3. The third-order valence-electron chi connectivity index (χ3n) is 4.59. The average molecular weight is 529 g/mol. The molecule has 1 heterocycles. The highest BCUT2D eigenvalue weighted by atomic mass is 127. The summed E-state index contributed by atoms with van der Waals surface area (Å²) >= 11 is 0. The van der Waals surface area contributed by atoms with Gasteiger partial charge in [0, 0.05) is 40.0 Å². The van der Waals surface area contributed by atoms with Gasteiger partial charge in [0.1, 0.15) is 0 Å². The van der Waals surface area contributed by atoms with Crippen molar-refractivity contribution in [3.05, 3.63) is 35.4 Å². The van der Waals surface area contributed by atoms with Gasteiger partial charge < -0.3 is 19.7 Å². The molecule has 0 aliphatic carbocycles. The topological polar surface area (TPSA) is 46.1 Å². The Bertz CT molecular complexity index is 621. The molecule has 1 aromatic rings. The Morgan fingerprint density at radius 2 is 1.97 bits per heavy atom. The van der Waals surface area contributed by atoms with Gasteiger partial charge in [-0.1, -0.05) is 12.1 Å². The number of nitrogens with zero attached hydrogens (tertiary/aromatic N) is 2. The van der Waals surface area contributed by atoms with E-state index in [1.54, 1.807) is 13.2 Å². The van der Waals surface area contributed by atoms with Gasteiger partial charge in [0.05, 0.1) is 18.2 Å². The van der Waals surface area contributed by atoms with Gasteiger partial charge in [-0.05, 0) is 43.9 Å². The highest BCUT2D eigenvalue weighted by Crippen LogP contribution is 2.29. The molecule has 0 bridgehead atoms. The monoisotopic (exact) mass is 529 g/mol. The molecule has 0 amide bonds. The van der Waals surface area contributed by atoms with Crippen LogP contribution in [-0.2, 0) is 22.2 Å². The SMILES string of the molecule is CCNC(=NCc1cccc(C(F)(F)F)c1)N1CCC(OCCCOC)CC1.I. The largest absolute Gasteiger partial charge is 0.416 e. The lowest BCUT2D eigenvalue weighted by Gasteiger charge is -2.34. The number of nitrogens with one attached hydrogen (secondary N) is 1. The minimum absolute atomic E-state index is 0. The predicted molar refractivity (Wildman–Crippen MR) is 119 cm³/mol. The molecule has 1 saturated heterocycles. The van der Waals surface area contributed by atoms with Crippen molar-refractivity contribution in [1.29, 1.82) is 0 Å². The molecule has 0 atom stereocenters. The smallest absolute Gasteiger partial charge is 0.385 e. The highest BCUT2D eigenvalue weighted by Gasteiger charge is 2.30. The molecule has 0 aromatic heterocycles. The van der Waals surface area contributed by atoms with E-state index < -0.39 is 11.7 Å². The molecule has 5 nitrogen and oxygen atoms in total. The molecule has 0 unspecified atom stereocenters. The third kappa shape index (κ3) is 9.08. The van der Waals surface area contributed by atoms with E-state index in [0.29, 0.717) is 25.3 Å². The number of methoxy groups -OCH3 is 1. The lowest BCUT2D eigenvalue weighted by atomic mass is 10.1. The van der Waals surface area contributed by atoms with Gasteiger partial charge in [-0.25, -0.2) is 4.99 Å². The van der Waals surface area contributed by atoms with Crippen molar-refractivity contribution in [2.75, 3.05) is 40.0 Å². The summed E-state index contributed by atoms with van der Waals surface area (Å²) in [6.45, 7) is 5.90. The number of piperidine rings is 1. The van der Waals surface area contributed by atoms with Crippen molar-refractivity contribution < 1.29 is 22.6 Å². The van der Waals surface area contributed by atoms with Crippen LogP contribution in [-0.4, -0.2) is 56.9 Å². The summed E-state index contributed by atoms with van der Waals surface area (Å²) in [5.74, 6) is 0.734. The number of likely N-dealkylation sites (tertiary alicyclic amines) is 1. The van der Waals surface area contributed by atoms with E-state index in [2.05, 4.69) is 15.2 Å². The maximum atomic E-state index is 12.9. The van der Waals surface area contributed by atoms with E-state index in [1.165, 1.54) is 6.07 Å². The summed E-state index contributed by atoms with van der Waals surface area (Å²) in [5.41, 5.74) is -0.0989. The molecular weight excluding hydrogens is 498 g/mol. The molecule has 1 N–H and O–H groups in total. The molecule has 2 rings (SSSR count). The van der Waals surface area contributed by atoms with Crippen molar-refractivity contribution in [2.24, 2.45) is 4.99 Å². The van der Waals surface area contributed by atoms with Crippen LogP contribution in [0.5, 0.6) is 0 Å². The van der Waals surface area contributed by atoms with E-state index in [0.717, 1.165) is 50.4 Å². The van der Waals surface area contributed by atoms with E-state index in [1.807, 2.05) is 6.92 Å². The molecule has 29 heavy (non-hydrogen) atoms. The van der Waals surface area contributed by atoms with Crippen molar-refractivity contribution in [2.45, 2.75) is 45.0 Å². The van der Waals surface area contributed by atoms with Crippen LogP contribution >= 0.6 is 24.0 Å². The van der Waals surface area contributed by atoms with Crippen LogP contribution in [0.2, 0.25) is 0 Å². The summed E-state index contributed by atoms with van der Waals surface area (Å²) < 4.78 is 49.5. The van der Waals surface area contributed by atoms with Crippen LogP contribution in [0.25, 0.3) is 0 Å². The maximum Gasteiger partial charge on any atom is 0.416 e. The molecule has 1 aromatic carbocycles. The summed E-state index contributed by atoms with van der Waals surface area (Å²) in [5, 5.41) is 3.24. The average Bonchev–Trinajstić information content (AvgIpc) is 2.69. The Hall–Kier alpha value is -1.07. The zero-order valence-corrected chi connectivity index (χ0v) is 19.3. The number of hydrogen-bond acceptors (Lipinski definition) is 3. The summed E-state index contributed by atoms with van der Waals surface area (Å²) in [7, 11) is 1.68. The van der Waals surface area contributed by atoms with Gasteiger partial charge in [-0.2, -0.15) is 13.2 Å². The van der Waals surface area contributed by atoms with Crippen LogP contribution in [0.4, 0.5) is 13.2 Å². The standard InChI is InChI=1S/C20H30F3N3O2.HI/c1-3-24-19(25-15-16-6-4-7-17(14-16)20(21,22)23)26-10-8-18(9-11-26)28-13-5-12-27-2;/h4,6-7,14,18H,3,5,8-13,15H2,1-2H3,(H,24,25);1H. The molecule has 9 heteroatoms. The Labute approximate surface area is 188 Å². The van der Waals surface area contributed by atoms with E-state index in [9.17, 15) is 13.2 Å². The van der Waals surface area contributed by atoms with Gasteiger partial charge >= 0.3 is 6.18 Å². The molecule has 0 radical (unpaired) electrons. The second-order valence-corrected chi connectivity index (χ2v) is 6.77. The molecule has 0 spiro atoms. The Morgan fingerprint density at radius 1 is 1.24 bits per heavy atom. The quantitative estimate of drug-likeness (QED) is 0.236. The van der Waals surface area contributed by atoms with Crippen molar-refractivity contribution >= 4 is 29.9 Å². The lowest BCUT2D eigenvalue weighted by Crippen LogP contribution is -2.47. The molecular formula is C20H31F3IN3O2. The Kier molecular flexibility index (Phi) is 11.9. The first-order valence-electron chi connectivity index (χ1n) is 9.74. The third-order valence-corrected chi connectivity index (χ3v) is 4.59. The zero-order chi connectivity index (χ0) is 20.4. The lowest BCUT2D eigenvalue weighted by molar-refractivity contribution is -0.137. The van der Waals surface area contributed by atoms with Gasteiger partial charge in [0.25, 0.3) is 0 Å². The van der Waals surface area contributed by atoms with Gasteiger partial charge in [-0.15, -0.1) is 24.0 Å². The number of benzene rings is 1. The second-order valence-electron chi connectivity index (χ2n) is 6.77. The first-order chi connectivity index (χ1) is 13.4. The molecule has 1 fully saturated rings. The Balaban J connectivity index is 0.00000420. The number of alkyl halides is 3. The fourth-order valence-electron chi connectivity index (χ4n) is 3.13. The van der Waals surface area contributed by atoms with Crippen molar-refractivity contribution in [1.82, 2.24) is 10.2 Å². The fourth-order valence-corrected chi connectivity index (χ4v) is 3.13. The molecule has 1 aliphatic rings. The van der Waals surface area contributed by atoms with Gasteiger partial charge in [0.15, 0.2) is 5.96 Å². The normalized spacial score (nSPS) is 15.9. The number of ether oxygens (including phenoxy) is 2. The molecule has 1 aliphatic heterocycles. The van der Waals surface area contributed by atoms with Crippen molar-refractivity contribution in [3.63, 3.8) is 0 Å². The van der Waals surface area contributed by atoms with E-state index >= 15 is 0 Å². The minimum Gasteiger partial charge on any atom is -0.385 e. The van der Waals surface area contributed by atoms with Gasteiger partial charge in [0.2, 0.25) is 0 Å². The number of guanidine groups is 1. The van der Waals surface area contributed by atoms with Crippen LogP contribution < -0.4 is 5.32 Å². The molecule has 0 saturated carbocycles. The Morgan fingerprint density at radius 3 is 2.59 bits per heavy atom. The van der Waals surface area contributed by atoms with Crippen LogP contribution in [0, 0.1) is 0 Å².